The van der Waals surface area contributed by atoms with E-state index in [4.69, 9.17) is 4.98 Å². The van der Waals surface area contributed by atoms with E-state index in [9.17, 15) is 0 Å². The minimum atomic E-state index is 0.930. The number of fused-ring (bicyclic) bond motifs is 9. The summed E-state index contributed by atoms with van der Waals surface area (Å²) in [5, 5.41) is 7.18. The molecule has 52 heavy (non-hydrogen) atoms. The molecule has 4 aromatic heterocycles. The van der Waals surface area contributed by atoms with Gasteiger partial charge in [-0.3, -0.25) is 4.98 Å². The van der Waals surface area contributed by atoms with E-state index in [-0.39, 0.29) is 0 Å². The fourth-order valence-corrected chi connectivity index (χ4v) is 8.10. The van der Waals surface area contributed by atoms with Gasteiger partial charge in [0.15, 0.2) is 0 Å². The summed E-state index contributed by atoms with van der Waals surface area (Å²) < 4.78 is 4.74. The predicted molar refractivity (Wildman–Crippen MR) is 217 cm³/mol. The van der Waals surface area contributed by atoms with Gasteiger partial charge in [0.2, 0.25) is 0 Å². The first-order valence-electron chi connectivity index (χ1n) is 17.7. The lowest BCUT2D eigenvalue weighted by Gasteiger charge is -2.10. The Kier molecular flexibility index (Phi) is 6.22. The van der Waals surface area contributed by atoms with E-state index >= 15 is 0 Å². The van der Waals surface area contributed by atoms with E-state index < -0.39 is 0 Å². The summed E-state index contributed by atoms with van der Waals surface area (Å²) in [6, 6.07) is 63.2. The zero-order chi connectivity index (χ0) is 34.2. The van der Waals surface area contributed by atoms with Crippen molar-refractivity contribution in [3.8, 4) is 33.8 Å². The van der Waals surface area contributed by atoms with Crippen LogP contribution in [0.4, 0.5) is 0 Å². The zero-order valence-corrected chi connectivity index (χ0v) is 28.1. The predicted octanol–water partition coefficient (Wildman–Crippen LogP) is 12.3. The van der Waals surface area contributed by atoms with Gasteiger partial charge in [-0.15, -0.1) is 0 Å². The molecule has 0 saturated carbocycles. The van der Waals surface area contributed by atoms with Gasteiger partial charge >= 0.3 is 0 Å². The minimum absolute atomic E-state index is 0.930. The molecule has 0 aliphatic carbocycles. The smallest absolute Gasteiger partial charge is 0.0972 e. The average molecular weight is 663 g/mol. The van der Waals surface area contributed by atoms with Crippen molar-refractivity contribution in [2.45, 2.75) is 0 Å². The average Bonchev–Trinajstić information content (AvgIpc) is 3.73. The molecule has 0 fully saturated rings. The Morgan fingerprint density at radius 1 is 0.346 bits per heavy atom. The second kappa shape index (κ2) is 11.2. The van der Waals surface area contributed by atoms with Gasteiger partial charge in [-0.05, 0) is 83.9 Å². The Morgan fingerprint density at radius 3 is 1.52 bits per heavy atom. The molecule has 0 radical (unpaired) electrons. The fraction of sp³-hybridized carbons (Fsp3) is 0. The zero-order valence-electron chi connectivity index (χ0n) is 28.1. The Hall–Kier alpha value is -7.04. The number of rotatable bonds is 4. The number of aromatic nitrogens is 4. The molecule has 0 aliphatic heterocycles. The van der Waals surface area contributed by atoms with E-state index in [0.29, 0.717) is 0 Å². The van der Waals surface area contributed by atoms with E-state index in [1.807, 2.05) is 12.3 Å². The number of benzene rings is 7. The molecule has 0 N–H and O–H groups in total. The highest BCUT2D eigenvalue weighted by Crippen LogP contribution is 2.38. The van der Waals surface area contributed by atoms with Crippen LogP contribution in [0, 0.1) is 0 Å². The Morgan fingerprint density at radius 2 is 0.865 bits per heavy atom. The normalized spacial score (nSPS) is 11.8. The lowest BCUT2D eigenvalue weighted by atomic mass is 10.0. The van der Waals surface area contributed by atoms with Gasteiger partial charge < -0.3 is 9.13 Å². The maximum Gasteiger partial charge on any atom is 0.0972 e. The van der Waals surface area contributed by atoms with Crippen molar-refractivity contribution in [2.24, 2.45) is 0 Å². The standard InChI is InChI=1S/C48H30N4/c1-2-10-36(11-3-1)51-43-14-6-4-12-38(43)40-29-34(21-26-45(40)51)35-22-27-46-41(30-35)39-13-5-7-15-44(39)52(46)37-23-18-31(19-24-37)42-25-20-33-17-16-32-9-8-28-49-47(32)48(33)50-42/h1-30H. The molecule has 0 atom stereocenters. The van der Waals surface area contributed by atoms with Gasteiger partial charge in [-0.1, -0.05) is 103 Å². The van der Waals surface area contributed by atoms with Crippen LogP contribution in [0.3, 0.4) is 0 Å². The quantitative estimate of drug-likeness (QED) is 0.176. The largest absolute Gasteiger partial charge is 0.309 e. The highest BCUT2D eigenvalue weighted by atomic mass is 15.0. The van der Waals surface area contributed by atoms with Crippen LogP contribution in [0.5, 0.6) is 0 Å². The molecule has 11 rings (SSSR count). The van der Waals surface area contributed by atoms with Gasteiger partial charge in [-0.25, -0.2) is 4.98 Å². The van der Waals surface area contributed by atoms with Crippen LogP contribution >= 0.6 is 0 Å². The molecule has 0 bridgehead atoms. The van der Waals surface area contributed by atoms with Crippen LogP contribution < -0.4 is 0 Å². The topological polar surface area (TPSA) is 35.6 Å². The van der Waals surface area contributed by atoms with E-state index in [1.54, 1.807) is 0 Å². The van der Waals surface area contributed by atoms with Gasteiger partial charge in [0.1, 0.15) is 0 Å². The van der Waals surface area contributed by atoms with Crippen LogP contribution in [-0.4, -0.2) is 19.1 Å². The second-order valence-electron chi connectivity index (χ2n) is 13.5. The molecule has 4 heterocycles. The molecular weight excluding hydrogens is 633 g/mol. The van der Waals surface area contributed by atoms with Crippen LogP contribution in [0.15, 0.2) is 182 Å². The highest BCUT2D eigenvalue weighted by Gasteiger charge is 2.16. The van der Waals surface area contributed by atoms with E-state index in [2.05, 4.69) is 184 Å². The summed E-state index contributed by atoms with van der Waals surface area (Å²) in [6.45, 7) is 0. The van der Waals surface area contributed by atoms with Crippen molar-refractivity contribution in [2.75, 3.05) is 0 Å². The van der Waals surface area contributed by atoms with Crippen LogP contribution in [0.1, 0.15) is 0 Å². The number of nitrogens with zero attached hydrogens (tertiary/aromatic N) is 4. The summed E-state index contributed by atoms with van der Waals surface area (Å²) in [5.74, 6) is 0. The van der Waals surface area contributed by atoms with E-state index in [0.717, 1.165) is 38.8 Å². The fourth-order valence-electron chi connectivity index (χ4n) is 8.10. The number of pyridine rings is 2. The lowest BCUT2D eigenvalue weighted by Crippen LogP contribution is -1.94. The third-order valence-electron chi connectivity index (χ3n) is 10.5. The summed E-state index contributed by atoms with van der Waals surface area (Å²) in [6.07, 6.45) is 1.84. The number of hydrogen-bond donors (Lipinski definition) is 0. The number of hydrogen-bond acceptors (Lipinski definition) is 2. The van der Waals surface area contributed by atoms with Crippen LogP contribution in [0.25, 0.3) is 99.2 Å². The second-order valence-corrected chi connectivity index (χ2v) is 13.5. The van der Waals surface area contributed by atoms with Gasteiger partial charge in [0.05, 0.1) is 38.8 Å². The van der Waals surface area contributed by atoms with E-state index in [1.165, 1.54) is 60.4 Å². The monoisotopic (exact) mass is 662 g/mol. The summed E-state index contributed by atoms with van der Waals surface area (Å²) >= 11 is 0. The molecular formula is C48H30N4. The molecule has 11 aromatic rings. The maximum absolute atomic E-state index is 5.09. The first-order valence-corrected chi connectivity index (χ1v) is 17.7. The third kappa shape index (κ3) is 4.34. The SMILES string of the molecule is c1ccc(-n2c3ccccc3c3cc(-c4ccc5c(c4)c4ccccc4n5-c4ccc(-c5ccc6ccc7cccnc7c6n5)cc4)ccc32)cc1. The Labute approximate surface area is 299 Å². The maximum atomic E-state index is 5.09. The molecule has 0 saturated heterocycles. The lowest BCUT2D eigenvalue weighted by molar-refractivity contribution is 1.18. The first kappa shape index (κ1) is 28.8. The van der Waals surface area contributed by atoms with Gasteiger partial charge in [0.25, 0.3) is 0 Å². The van der Waals surface area contributed by atoms with Crippen molar-refractivity contribution in [1.82, 2.24) is 19.1 Å². The number of para-hydroxylation sites is 3. The molecule has 7 aromatic carbocycles. The minimum Gasteiger partial charge on any atom is -0.309 e. The van der Waals surface area contributed by atoms with Crippen LogP contribution in [-0.2, 0) is 0 Å². The first-order chi connectivity index (χ1) is 25.8. The van der Waals surface area contributed by atoms with Crippen LogP contribution in [0.2, 0.25) is 0 Å². The molecule has 0 unspecified atom stereocenters. The highest BCUT2D eigenvalue weighted by molar-refractivity contribution is 6.13. The van der Waals surface area contributed by atoms with Crippen molar-refractivity contribution >= 4 is 65.4 Å². The van der Waals surface area contributed by atoms with Crippen molar-refractivity contribution in [1.29, 1.82) is 0 Å². The van der Waals surface area contributed by atoms with Gasteiger partial charge in [0, 0.05) is 55.5 Å². The third-order valence-corrected chi connectivity index (χ3v) is 10.5. The Balaban J connectivity index is 1.02. The summed E-state index contributed by atoms with van der Waals surface area (Å²) in [7, 11) is 0. The summed E-state index contributed by atoms with van der Waals surface area (Å²) in [5.41, 5.74) is 13.4. The molecule has 0 spiro atoms. The van der Waals surface area contributed by atoms with Crippen molar-refractivity contribution < 1.29 is 0 Å². The molecule has 0 aliphatic rings. The molecule has 4 nitrogen and oxygen atoms in total. The van der Waals surface area contributed by atoms with Gasteiger partial charge in [-0.2, -0.15) is 0 Å². The Bertz CT molecular complexity index is 3170. The molecule has 242 valence electrons. The molecule has 4 heteroatoms. The summed E-state index contributed by atoms with van der Waals surface area (Å²) in [4.78, 5) is 9.73. The van der Waals surface area contributed by atoms with Crippen molar-refractivity contribution in [3.05, 3.63) is 182 Å². The van der Waals surface area contributed by atoms with Crippen molar-refractivity contribution in [3.63, 3.8) is 0 Å². The molecule has 0 amide bonds.